The van der Waals surface area contributed by atoms with Gasteiger partial charge >= 0.3 is 0 Å². The number of carbonyl (C=O) groups excluding carboxylic acids is 1. The molecule has 0 aliphatic rings. The van der Waals surface area contributed by atoms with Gasteiger partial charge in [-0.3, -0.25) is 4.79 Å². The number of para-hydroxylation sites is 1. The first-order valence-corrected chi connectivity index (χ1v) is 11.5. The van der Waals surface area contributed by atoms with Gasteiger partial charge in [0.15, 0.2) is 4.80 Å². The summed E-state index contributed by atoms with van der Waals surface area (Å²) >= 11 is 1.54. The van der Waals surface area contributed by atoms with Gasteiger partial charge in [-0.25, -0.2) is 0 Å². The summed E-state index contributed by atoms with van der Waals surface area (Å²) in [6, 6.07) is 20.9. The zero-order chi connectivity index (χ0) is 22.5. The Morgan fingerprint density at radius 2 is 1.78 bits per heavy atom. The number of ether oxygens (including phenoxy) is 2. The molecule has 4 rings (SSSR count). The van der Waals surface area contributed by atoms with Crippen molar-refractivity contribution >= 4 is 27.5 Å². The lowest BCUT2D eigenvalue weighted by molar-refractivity contribution is 0.0996. The highest BCUT2D eigenvalue weighted by Gasteiger charge is 2.12. The third-order valence-corrected chi connectivity index (χ3v) is 6.26. The van der Waals surface area contributed by atoms with Crippen molar-refractivity contribution < 1.29 is 14.3 Å². The predicted molar refractivity (Wildman–Crippen MR) is 129 cm³/mol. The quantitative estimate of drug-likeness (QED) is 0.333. The maximum Gasteiger partial charge on any atom is 0.279 e. The molecule has 0 unspecified atom stereocenters. The summed E-state index contributed by atoms with van der Waals surface area (Å²) in [5, 5.41) is 0. The fourth-order valence-electron chi connectivity index (χ4n) is 3.58. The minimum atomic E-state index is -0.297. The monoisotopic (exact) mass is 446 g/mol. The topological polar surface area (TPSA) is 52.8 Å². The fourth-order valence-corrected chi connectivity index (χ4v) is 4.69. The van der Waals surface area contributed by atoms with E-state index >= 15 is 0 Å². The Morgan fingerprint density at radius 1 is 1.00 bits per heavy atom. The predicted octanol–water partition coefficient (Wildman–Crippen LogP) is 5.89. The normalized spacial score (nSPS) is 11.8. The number of rotatable bonds is 7. The number of aryl methyl sites for hydroxylation is 2. The highest BCUT2D eigenvalue weighted by molar-refractivity contribution is 7.16. The van der Waals surface area contributed by atoms with E-state index in [0.29, 0.717) is 35.9 Å². The van der Waals surface area contributed by atoms with Crippen LogP contribution in [0.15, 0.2) is 71.7 Å². The molecule has 1 heterocycles. The van der Waals surface area contributed by atoms with Gasteiger partial charge in [-0.2, -0.15) is 4.99 Å². The fraction of sp³-hybridized carbons (Fsp3) is 0.231. The molecule has 6 heteroatoms. The summed E-state index contributed by atoms with van der Waals surface area (Å²) in [5.74, 6) is 1.03. The van der Waals surface area contributed by atoms with Gasteiger partial charge in [-0.05, 0) is 68.3 Å². The first-order chi connectivity index (χ1) is 15.5. The van der Waals surface area contributed by atoms with Crippen molar-refractivity contribution in [2.24, 2.45) is 4.99 Å². The second-order valence-corrected chi connectivity index (χ2v) is 8.50. The lowest BCUT2D eigenvalue weighted by Gasteiger charge is -2.07. The molecule has 0 saturated carbocycles. The standard InChI is InChI=1S/C26H26N2O3S/c1-4-30-14-13-28-23-16-18(2)15-19(3)24(23)32-26(28)27-25(29)20-9-8-12-22(17-20)31-21-10-6-5-7-11-21/h5-12,15-17H,4,13-14H2,1-3H3. The van der Waals surface area contributed by atoms with Gasteiger partial charge < -0.3 is 14.0 Å². The van der Waals surface area contributed by atoms with Gasteiger partial charge in [0.1, 0.15) is 11.5 Å². The van der Waals surface area contributed by atoms with Gasteiger partial charge in [0.25, 0.3) is 5.91 Å². The van der Waals surface area contributed by atoms with Crippen molar-refractivity contribution in [2.45, 2.75) is 27.3 Å². The molecule has 0 radical (unpaired) electrons. The molecule has 5 nitrogen and oxygen atoms in total. The number of fused-ring (bicyclic) bond motifs is 1. The van der Waals surface area contributed by atoms with Gasteiger partial charge in [-0.1, -0.05) is 41.7 Å². The molecule has 0 atom stereocenters. The number of hydrogen-bond donors (Lipinski definition) is 0. The number of amides is 1. The number of nitrogens with zero attached hydrogens (tertiary/aromatic N) is 2. The number of thiazole rings is 1. The van der Waals surface area contributed by atoms with Crippen LogP contribution in [-0.2, 0) is 11.3 Å². The van der Waals surface area contributed by atoms with Crippen LogP contribution in [0.3, 0.4) is 0 Å². The first-order valence-electron chi connectivity index (χ1n) is 10.7. The number of carbonyl (C=O) groups is 1. The lowest BCUT2D eigenvalue weighted by Crippen LogP contribution is -2.19. The van der Waals surface area contributed by atoms with Crippen molar-refractivity contribution in [3.8, 4) is 11.5 Å². The van der Waals surface area contributed by atoms with Crippen LogP contribution in [0.2, 0.25) is 0 Å². The van der Waals surface area contributed by atoms with Crippen molar-refractivity contribution in [2.75, 3.05) is 13.2 Å². The highest BCUT2D eigenvalue weighted by Crippen LogP contribution is 2.24. The molecule has 1 aromatic heterocycles. The lowest BCUT2D eigenvalue weighted by atomic mass is 10.1. The zero-order valence-corrected chi connectivity index (χ0v) is 19.3. The van der Waals surface area contributed by atoms with Crippen molar-refractivity contribution in [3.63, 3.8) is 0 Å². The van der Waals surface area contributed by atoms with E-state index in [9.17, 15) is 4.79 Å². The van der Waals surface area contributed by atoms with E-state index in [1.54, 1.807) is 12.1 Å². The summed E-state index contributed by atoms with van der Waals surface area (Å²) in [7, 11) is 0. The number of aromatic nitrogens is 1. The van der Waals surface area contributed by atoms with E-state index in [4.69, 9.17) is 9.47 Å². The number of hydrogen-bond acceptors (Lipinski definition) is 4. The molecular weight excluding hydrogens is 420 g/mol. The van der Waals surface area contributed by atoms with E-state index in [2.05, 4.69) is 35.5 Å². The zero-order valence-electron chi connectivity index (χ0n) is 18.5. The number of benzene rings is 3. The molecule has 4 aromatic rings. The molecule has 0 fully saturated rings. The van der Waals surface area contributed by atoms with Crippen LogP contribution in [0.4, 0.5) is 0 Å². The molecule has 0 N–H and O–H groups in total. The van der Waals surface area contributed by atoms with E-state index in [0.717, 1.165) is 16.0 Å². The summed E-state index contributed by atoms with van der Waals surface area (Å²) in [6.45, 7) is 8.01. The molecule has 0 aliphatic carbocycles. The largest absolute Gasteiger partial charge is 0.457 e. The Balaban J connectivity index is 1.70. The van der Waals surface area contributed by atoms with E-state index in [-0.39, 0.29) is 5.91 Å². The maximum absolute atomic E-state index is 13.1. The van der Waals surface area contributed by atoms with Crippen LogP contribution >= 0.6 is 11.3 Å². The van der Waals surface area contributed by atoms with Crippen LogP contribution in [0.5, 0.6) is 11.5 Å². The summed E-state index contributed by atoms with van der Waals surface area (Å²) in [4.78, 5) is 18.2. The van der Waals surface area contributed by atoms with E-state index < -0.39 is 0 Å². The maximum atomic E-state index is 13.1. The first kappa shape index (κ1) is 22.0. The molecule has 0 spiro atoms. The Kier molecular flexibility index (Phi) is 6.83. The van der Waals surface area contributed by atoms with Crippen LogP contribution < -0.4 is 9.54 Å². The molecule has 0 bridgehead atoms. The summed E-state index contributed by atoms with van der Waals surface area (Å²) in [6.07, 6.45) is 0. The molecule has 3 aromatic carbocycles. The molecule has 0 aliphatic heterocycles. The Labute approximate surface area is 191 Å². The van der Waals surface area contributed by atoms with Crippen molar-refractivity contribution in [1.29, 1.82) is 0 Å². The Morgan fingerprint density at radius 3 is 2.56 bits per heavy atom. The van der Waals surface area contributed by atoms with Gasteiger partial charge in [0.05, 0.1) is 16.8 Å². The SMILES string of the molecule is CCOCCn1c(=NC(=O)c2cccc(Oc3ccccc3)c2)sc2c(C)cc(C)cc21. The minimum Gasteiger partial charge on any atom is -0.457 e. The summed E-state index contributed by atoms with van der Waals surface area (Å²) in [5.41, 5.74) is 3.93. The van der Waals surface area contributed by atoms with Crippen LogP contribution in [-0.4, -0.2) is 23.7 Å². The van der Waals surface area contributed by atoms with Gasteiger partial charge in [0, 0.05) is 18.7 Å². The second kappa shape index (κ2) is 9.94. The Bertz CT molecular complexity index is 1310. The second-order valence-electron chi connectivity index (χ2n) is 7.52. The third-order valence-electron chi connectivity index (χ3n) is 5.03. The van der Waals surface area contributed by atoms with Crippen LogP contribution in [0.1, 0.15) is 28.4 Å². The van der Waals surface area contributed by atoms with E-state index in [1.165, 1.54) is 22.5 Å². The van der Waals surface area contributed by atoms with Crippen LogP contribution in [0.25, 0.3) is 10.2 Å². The summed E-state index contributed by atoms with van der Waals surface area (Å²) < 4.78 is 14.7. The Hall–Kier alpha value is -3.22. The molecule has 32 heavy (non-hydrogen) atoms. The van der Waals surface area contributed by atoms with Crippen molar-refractivity contribution in [3.05, 3.63) is 88.2 Å². The van der Waals surface area contributed by atoms with Crippen molar-refractivity contribution in [1.82, 2.24) is 4.57 Å². The third kappa shape index (κ3) is 4.98. The highest BCUT2D eigenvalue weighted by atomic mass is 32.1. The average molecular weight is 447 g/mol. The van der Waals surface area contributed by atoms with Gasteiger partial charge in [-0.15, -0.1) is 0 Å². The van der Waals surface area contributed by atoms with E-state index in [1.807, 2.05) is 49.4 Å². The smallest absolute Gasteiger partial charge is 0.279 e. The molecule has 1 amide bonds. The average Bonchev–Trinajstić information content (AvgIpc) is 3.12. The molecule has 164 valence electrons. The minimum absolute atomic E-state index is 0.297. The van der Waals surface area contributed by atoms with Crippen LogP contribution in [0, 0.1) is 13.8 Å². The van der Waals surface area contributed by atoms with Gasteiger partial charge in [0.2, 0.25) is 0 Å². The molecular formula is C26H26N2O3S. The molecule has 0 saturated heterocycles.